The van der Waals surface area contributed by atoms with Crippen LogP contribution in [0.1, 0.15) is 62.0 Å². The molecule has 1 aromatic rings. The third kappa shape index (κ3) is 2.63. The van der Waals surface area contributed by atoms with Crippen LogP contribution in [0.5, 0.6) is 0 Å². The zero-order chi connectivity index (χ0) is 13.2. The fourth-order valence-corrected chi connectivity index (χ4v) is 3.27. The van der Waals surface area contributed by atoms with E-state index < -0.39 is 0 Å². The lowest BCUT2D eigenvalue weighted by Gasteiger charge is -2.29. The molecule has 0 N–H and O–H groups in total. The van der Waals surface area contributed by atoms with Crippen LogP contribution < -0.4 is 0 Å². The Hall–Kier alpha value is -1.18. The van der Waals surface area contributed by atoms with Gasteiger partial charge in [-0.1, -0.05) is 26.7 Å². The zero-order valence-corrected chi connectivity index (χ0v) is 11.7. The summed E-state index contributed by atoms with van der Waals surface area (Å²) in [5, 5.41) is 0. The Morgan fingerprint density at radius 2 is 2.00 bits per heavy atom. The van der Waals surface area contributed by atoms with Gasteiger partial charge in [-0.05, 0) is 44.2 Å². The second-order valence-corrected chi connectivity index (χ2v) is 6.10. The molecule has 1 aromatic heterocycles. The number of rotatable bonds is 4. The third-order valence-electron chi connectivity index (χ3n) is 4.01. The Kier molecular flexibility index (Phi) is 3.84. The van der Waals surface area contributed by atoms with Crippen LogP contribution in [0.15, 0.2) is 18.3 Å². The molecule has 1 aliphatic carbocycles. The maximum absolute atomic E-state index is 12.8. The molecule has 0 unspecified atom stereocenters. The van der Waals surface area contributed by atoms with Gasteiger partial charge in [0.25, 0.3) is 0 Å². The molecule has 0 amide bonds. The lowest BCUT2D eigenvalue weighted by molar-refractivity contribution is 0.0759. The Morgan fingerprint density at radius 3 is 2.50 bits per heavy atom. The second kappa shape index (κ2) is 5.21. The summed E-state index contributed by atoms with van der Waals surface area (Å²) in [4.78, 5) is 17.0. The molecular formula is C16H23NO. The Balaban J connectivity index is 2.26. The molecule has 2 heteroatoms. The minimum absolute atomic E-state index is 0.106. The highest BCUT2D eigenvalue weighted by Crippen LogP contribution is 2.45. The maximum atomic E-state index is 12.8. The van der Waals surface area contributed by atoms with Gasteiger partial charge in [-0.3, -0.25) is 9.78 Å². The summed E-state index contributed by atoms with van der Waals surface area (Å²) in [6, 6.07) is 3.87. The molecular weight excluding hydrogens is 222 g/mol. The van der Waals surface area contributed by atoms with Crippen molar-refractivity contribution in [3.63, 3.8) is 0 Å². The minimum atomic E-state index is -0.106. The van der Waals surface area contributed by atoms with Crippen molar-refractivity contribution in [2.24, 2.45) is 11.3 Å². The quantitative estimate of drug-likeness (QED) is 0.745. The van der Waals surface area contributed by atoms with Gasteiger partial charge in [-0.25, -0.2) is 0 Å². The van der Waals surface area contributed by atoms with Gasteiger partial charge in [-0.15, -0.1) is 0 Å². The van der Waals surface area contributed by atoms with Crippen LogP contribution in [0, 0.1) is 18.3 Å². The van der Waals surface area contributed by atoms with E-state index in [1.807, 2.05) is 19.1 Å². The molecule has 98 valence electrons. The van der Waals surface area contributed by atoms with Gasteiger partial charge in [0.2, 0.25) is 0 Å². The summed E-state index contributed by atoms with van der Waals surface area (Å²) in [6.07, 6.45) is 7.25. The van der Waals surface area contributed by atoms with Crippen molar-refractivity contribution in [2.45, 2.75) is 52.9 Å². The highest BCUT2D eigenvalue weighted by molar-refractivity contribution is 6.00. The summed E-state index contributed by atoms with van der Waals surface area (Å²) >= 11 is 0. The standard InChI is InChI=1S/C16H23NO/c1-12(2)10-16(8-4-5-9-16)15(18)14-7-6-13(3)17-11-14/h6-7,11-12H,4-5,8-10H2,1-3H3. The fraction of sp³-hybridized carbons (Fsp3) is 0.625. The number of ketones is 1. The molecule has 0 bridgehead atoms. The molecule has 0 aliphatic heterocycles. The monoisotopic (exact) mass is 245 g/mol. The molecule has 18 heavy (non-hydrogen) atoms. The van der Waals surface area contributed by atoms with E-state index in [0.29, 0.717) is 11.7 Å². The summed E-state index contributed by atoms with van der Waals surface area (Å²) < 4.78 is 0. The molecule has 0 atom stereocenters. The Bertz CT molecular complexity index is 413. The number of hydrogen-bond acceptors (Lipinski definition) is 2. The van der Waals surface area contributed by atoms with Gasteiger partial charge in [0.15, 0.2) is 5.78 Å². The first-order valence-corrected chi connectivity index (χ1v) is 7.01. The molecule has 1 fully saturated rings. The number of pyridine rings is 1. The minimum Gasteiger partial charge on any atom is -0.293 e. The van der Waals surface area contributed by atoms with Gasteiger partial charge in [-0.2, -0.15) is 0 Å². The van der Waals surface area contributed by atoms with Crippen molar-refractivity contribution in [3.8, 4) is 0 Å². The highest BCUT2D eigenvalue weighted by Gasteiger charge is 2.41. The van der Waals surface area contributed by atoms with E-state index in [9.17, 15) is 4.79 Å². The number of hydrogen-bond donors (Lipinski definition) is 0. The molecule has 2 rings (SSSR count). The first-order chi connectivity index (χ1) is 8.53. The lowest BCUT2D eigenvalue weighted by atomic mass is 9.73. The molecule has 0 spiro atoms. The third-order valence-corrected chi connectivity index (χ3v) is 4.01. The number of nitrogens with zero attached hydrogens (tertiary/aromatic N) is 1. The van der Waals surface area contributed by atoms with Crippen LogP contribution in [0.3, 0.4) is 0 Å². The van der Waals surface area contributed by atoms with E-state index in [1.165, 1.54) is 12.8 Å². The van der Waals surface area contributed by atoms with E-state index in [4.69, 9.17) is 0 Å². The summed E-state index contributed by atoms with van der Waals surface area (Å²) in [7, 11) is 0. The average Bonchev–Trinajstić information content (AvgIpc) is 2.78. The largest absolute Gasteiger partial charge is 0.293 e. The average molecular weight is 245 g/mol. The van der Waals surface area contributed by atoms with Crippen molar-refractivity contribution in [1.29, 1.82) is 0 Å². The second-order valence-electron chi connectivity index (χ2n) is 6.10. The molecule has 1 heterocycles. The van der Waals surface area contributed by atoms with Gasteiger partial charge in [0.05, 0.1) is 0 Å². The van der Waals surface area contributed by atoms with Crippen molar-refractivity contribution < 1.29 is 4.79 Å². The molecule has 2 nitrogen and oxygen atoms in total. The van der Waals surface area contributed by atoms with E-state index in [1.54, 1.807) is 6.20 Å². The number of aromatic nitrogens is 1. The Morgan fingerprint density at radius 1 is 1.33 bits per heavy atom. The molecule has 1 aliphatic rings. The number of carbonyl (C=O) groups is 1. The first-order valence-electron chi connectivity index (χ1n) is 7.01. The molecule has 0 radical (unpaired) electrons. The van der Waals surface area contributed by atoms with Crippen LogP contribution in [0.2, 0.25) is 0 Å². The van der Waals surface area contributed by atoms with Crippen LogP contribution in [0.25, 0.3) is 0 Å². The summed E-state index contributed by atoms with van der Waals surface area (Å²) in [5.74, 6) is 0.895. The predicted octanol–water partition coefficient (Wildman–Crippen LogP) is 4.18. The molecule has 1 saturated carbocycles. The van der Waals surface area contributed by atoms with E-state index >= 15 is 0 Å². The van der Waals surface area contributed by atoms with Crippen molar-refractivity contribution >= 4 is 5.78 Å². The van der Waals surface area contributed by atoms with Crippen LogP contribution in [0.4, 0.5) is 0 Å². The lowest BCUT2D eigenvalue weighted by Crippen LogP contribution is -2.30. The van der Waals surface area contributed by atoms with Crippen molar-refractivity contribution in [2.75, 3.05) is 0 Å². The van der Waals surface area contributed by atoms with E-state index in [-0.39, 0.29) is 5.41 Å². The number of Topliss-reactive ketones (excluding diaryl/α,β-unsaturated/α-hetero) is 1. The summed E-state index contributed by atoms with van der Waals surface area (Å²) in [5.41, 5.74) is 1.66. The topological polar surface area (TPSA) is 30.0 Å². The normalized spacial score (nSPS) is 18.2. The predicted molar refractivity (Wildman–Crippen MR) is 73.7 cm³/mol. The SMILES string of the molecule is Cc1ccc(C(=O)C2(CC(C)C)CCCC2)cn1. The zero-order valence-electron chi connectivity index (χ0n) is 11.7. The maximum Gasteiger partial charge on any atom is 0.170 e. The first kappa shape index (κ1) is 13.3. The van der Waals surface area contributed by atoms with E-state index in [2.05, 4.69) is 18.8 Å². The molecule has 0 saturated heterocycles. The van der Waals surface area contributed by atoms with Gasteiger partial charge in [0.1, 0.15) is 0 Å². The van der Waals surface area contributed by atoms with E-state index in [0.717, 1.165) is 30.5 Å². The highest BCUT2D eigenvalue weighted by atomic mass is 16.1. The summed E-state index contributed by atoms with van der Waals surface area (Å²) in [6.45, 7) is 6.37. The van der Waals surface area contributed by atoms with Gasteiger partial charge in [0, 0.05) is 22.9 Å². The number of carbonyl (C=O) groups excluding carboxylic acids is 1. The van der Waals surface area contributed by atoms with Crippen LogP contribution in [-0.2, 0) is 0 Å². The van der Waals surface area contributed by atoms with Gasteiger partial charge >= 0.3 is 0 Å². The fourth-order valence-electron chi connectivity index (χ4n) is 3.27. The van der Waals surface area contributed by atoms with Gasteiger partial charge < -0.3 is 0 Å². The molecule has 0 aromatic carbocycles. The smallest absolute Gasteiger partial charge is 0.170 e. The van der Waals surface area contributed by atoms with Crippen molar-refractivity contribution in [3.05, 3.63) is 29.6 Å². The van der Waals surface area contributed by atoms with Crippen molar-refractivity contribution in [1.82, 2.24) is 4.98 Å². The van der Waals surface area contributed by atoms with Crippen LogP contribution >= 0.6 is 0 Å². The van der Waals surface area contributed by atoms with Crippen LogP contribution in [-0.4, -0.2) is 10.8 Å². The number of aryl methyl sites for hydroxylation is 1. The Labute approximate surface area is 110 Å².